The summed E-state index contributed by atoms with van der Waals surface area (Å²) >= 11 is 0. The van der Waals surface area contributed by atoms with Crippen LogP contribution in [0.25, 0.3) is 0 Å². The Hall–Kier alpha value is -4.06. The van der Waals surface area contributed by atoms with Crippen LogP contribution in [0.15, 0.2) is 73.3 Å². The molecule has 1 aliphatic carbocycles. The number of ether oxygens (including phenoxy) is 2. The van der Waals surface area contributed by atoms with Crippen LogP contribution in [0, 0.1) is 5.92 Å². The highest BCUT2D eigenvalue weighted by Gasteiger charge is 2.36. The Balaban J connectivity index is 1.61. The van der Waals surface area contributed by atoms with Crippen molar-refractivity contribution in [3.63, 3.8) is 0 Å². The zero-order valence-corrected chi connectivity index (χ0v) is 25.0. The summed E-state index contributed by atoms with van der Waals surface area (Å²) in [6.45, 7) is 16.3. The van der Waals surface area contributed by atoms with E-state index >= 15 is 0 Å². The molecule has 0 aromatic heterocycles. The Bertz CT molecular complexity index is 1390. The molecule has 2 N–H and O–H groups in total. The van der Waals surface area contributed by atoms with Crippen molar-refractivity contribution in [2.24, 2.45) is 5.92 Å². The molecule has 41 heavy (non-hydrogen) atoms. The molecule has 0 saturated heterocycles. The summed E-state index contributed by atoms with van der Waals surface area (Å²) in [6.07, 6.45) is 3.74. The topological polar surface area (TPSA) is 76.7 Å². The fourth-order valence-corrected chi connectivity index (χ4v) is 4.93. The Kier molecular flexibility index (Phi) is 9.21. The summed E-state index contributed by atoms with van der Waals surface area (Å²) < 4.78 is 12.1. The maximum absolute atomic E-state index is 13.5. The van der Waals surface area contributed by atoms with Gasteiger partial charge in [0.2, 0.25) is 0 Å². The maximum Gasteiger partial charge on any atom is 0.259 e. The van der Waals surface area contributed by atoms with Crippen molar-refractivity contribution in [1.82, 2.24) is 0 Å². The minimum Gasteiger partial charge on any atom is -0.486 e. The van der Waals surface area contributed by atoms with Gasteiger partial charge < -0.3 is 20.1 Å². The van der Waals surface area contributed by atoms with Gasteiger partial charge in [0, 0.05) is 11.4 Å². The van der Waals surface area contributed by atoms with Crippen LogP contribution >= 0.6 is 0 Å². The molecule has 6 heteroatoms. The molecular formula is C35H42N2O4. The highest BCUT2D eigenvalue weighted by atomic mass is 16.5. The number of amides is 2. The molecule has 0 radical (unpaired) electrons. The fourth-order valence-electron chi connectivity index (χ4n) is 4.93. The standard InChI is InChI=1S/C35H42N2O4/c1-8-20-40-31-28(33(38)37-27-16-12-25(13-17-27)35(5,6)7)18-19-29(32(31)41-22(3)4)34(39)36-26-14-10-24(11-15-26)30-21-23(30)9-2/h8,10-19,22-23,30H,1,9,20-21H2,2-7H3,(H,36,39)(H,37,38). The van der Waals surface area contributed by atoms with Crippen LogP contribution in [-0.2, 0) is 5.41 Å². The van der Waals surface area contributed by atoms with Crippen LogP contribution in [0.2, 0.25) is 0 Å². The minimum atomic E-state index is -0.366. The molecule has 2 amide bonds. The van der Waals surface area contributed by atoms with Crippen molar-refractivity contribution in [2.45, 2.75) is 71.8 Å². The zero-order valence-electron chi connectivity index (χ0n) is 25.0. The van der Waals surface area contributed by atoms with E-state index in [2.05, 4.69) is 57.0 Å². The Labute approximate surface area is 244 Å². The van der Waals surface area contributed by atoms with Gasteiger partial charge in [-0.1, -0.05) is 71.0 Å². The number of anilines is 2. The number of carbonyl (C=O) groups excluding carboxylic acids is 2. The number of hydrogen-bond acceptors (Lipinski definition) is 4. The second kappa shape index (κ2) is 12.6. The molecular weight excluding hydrogens is 512 g/mol. The van der Waals surface area contributed by atoms with Gasteiger partial charge in [-0.25, -0.2) is 0 Å². The van der Waals surface area contributed by atoms with Gasteiger partial charge >= 0.3 is 0 Å². The lowest BCUT2D eigenvalue weighted by atomic mass is 9.87. The van der Waals surface area contributed by atoms with Crippen LogP contribution in [0.4, 0.5) is 11.4 Å². The van der Waals surface area contributed by atoms with E-state index in [9.17, 15) is 9.59 Å². The third-order valence-corrected chi connectivity index (χ3v) is 7.35. The molecule has 3 aromatic rings. The van der Waals surface area contributed by atoms with E-state index in [4.69, 9.17) is 9.47 Å². The summed E-state index contributed by atoms with van der Waals surface area (Å²) in [4.78, 5) is 26.9. The van der Waals surface area contributed by atoms with Crippen molar-refractivity contribution in [2.75, 3.05) is 17.2 Å². The quantitative estimate of drug-likeness (QED) is 0.234. The van der Waals surface area contributed by atoms with Crippen molar-refractivity contribution in [1.29, 1.82) is 0 Å². The summed E-state index contributed by atoms with van der Waals surface area (Å²) in [6, 6.07) is 19.0. The van der Waals surface area contributed by atoms with Gasteiger partial charge in [0.05, 0.1) is 17.2 Å². The SMILES string of the molecule is C=CCOc1c(C(=O)Nc2ccc(C(C)(C)C)cc2)ccc(C(=O)Nc2ccc(C3CC3CC)cc2)c1OC(C)C. The highest BCUT2D eigenvalue weighted by molar-refractivity contribution is 6.11. The fraction of sp³-hybridized carbons (Fsp3) is 0.371. The first-order valence-electron chi connectivity index (χ1n) is 14.4. The molecule has 3 aromatic carbocycles. The average Bonchev–Trinajstić information content (AvgIpc) is 3.72. The first-order chi connectivity index (χ1) is 19.5. The van der Waals surface area contributed by atoms with Crippen molar-refractivity contribution in [3.8, 4) is 11.5 Å². The van der Waals surface area contributed by atoms with Crippen LogP contribution in [0.3, 0.4) is 0 Å². The monoisotopic (exact) mass is 554 g/mol. The zero-order chi connectivity index (χ0) is 29.7. The predicted molar refractivity (Wildman–Crippen MR) is 167 cm³/mol. The Morgan fingerprint density at radius 2 is 1.44 bits per heavy atom. The lowest BCUT2D eigenvalue weighted by Gasteiger charge is -2.21. The number of carbonyl (C=O) groups is 2. The van der Waals surface area contributed by atoms with Gasteiger partial charge in [-0.05, 0) is 85.0 Å². The molecule has 6 nitrogen and oxygen atoms in total. The second-order valence-corrected chi connectivity index (χ2v) is 12.0. The lowest BCUT2D eigenvalue weighted by Crippen LogP contribution is -2.20. The van der Waals surface area contributed by atoms with Gasteiger partial charge in [0.25, 0.3) is 11.8 Å². The number of rotatable bonds is 11. The van der Waals surface area contributed by atoms with E-state index in [0.29, 0.717) is 17.3 Å². The van der Waals surface area contributed by atoms with Crippen LogP contribution in [-0.4, -0.2) is 24.5 Å². The van der Waals surface area contributed by atoms with E-state index in [1.165, 1.54) is 24.0 Å². The molecule has 0 spiro atoms. The molecule has 2 unspecified atom stereocenters. The normalized spacial score (nSPS) is 16.2. The summed E-state index contributed by atoms with van der Waals surface area (Å²) in [7, 11) is 0. The first kappa shape index (κ1) is 29.9. The molecule has 1 aliphatic rings. The maximum atomic E-state index is 13.5. The van der Waals surface area contributed by atoms with E-state index in [0.717, 1.165) is 5.92 Å². The van der Waals surface area contributed by atoms with Crippen LogP contribution in [0.5, 0.6) is 11.5 Å². The van der Waals surface area contributed by atoms with Crippen molar-refractivity contribution >= 4 is 23.2 Å². The lowest BCUT2D eigenvalue weighted by molar-refractivity contribution is 0.100. The highest BCUT2D eigenvalue weighted by Crippen LogP contribution is 2.49. The van der Waals surface area contributed by atoms with E-state index in [1.807, 2.05) is 50.2 Å². The molecule has 2 atom stereocenters. The first-order valence-corrected chi connectivity index (χ1v) is 14.4. The second-order valence-electron chi connectivity index (χ2n) is 12.0. The summed E-state index contributed by atoms with van der Waals surface area (Å²) in [5.74, 6) is 1.09. The average molecular weight is 555 g/mol. The number of nitrogens with one attached hydrogen (secondary N) is 2. The van der Waals surface area contributed by atoms with Gasteiger partial charge in [0.15, 0.2) is 11.5 Å². The van der Waals surface area contributed by atoms with Gasteiger partial charge in [0.1, 0.15) is 6.61 Å². The largest absolute Gasteiger partial charge is 0.486 e. The van der Waals surface area contributed by atoms with E-state index in [1.54, 1.807) is 18.2 Å². The van der Waals surface area contributed by atoms with E-state index < -0.39 is 0 Å². The van der Waals surface area contributed by atoms with E-state index in [-0.39, 0.29) is 52.6 Å². The van der Waals surface area contributed by atoms with Crippen molar-refractivity contribution in [3.05, 3.63) is 95.6 Å². The Morgan fingerprint density at radius 1 is 0.902 bits per heavy atom. The number of benzene rings is 3. The summed E-state index contributed by atoms with van der Waals surface area (Å²) in [5.41, 5.74) is 4.37. The van der Waals surface area contributed by atoms with Gasteiger partial charge in [-0.15, -0.1) is 0 Å². The van der Waals surface area contributed by atoms with Crippen molar-refractivity contribution < 1.29 is 19.1 Å². The molecule has 1 fully saturated rings. The molecule has 0 bridgehead atoms. The number of hydrogen-bond donors (Lipinski definition) is 2. The minimum absolute atomic E-state index is 0.00506. The molecule has 216 valence electrons. The molecule has 0 heterocycles. The molecule has 0 aliphatic heterocycles. The predicted octanol–water partition coefficient (Wildman–Crippen LogP) is 8.35. The van der Waals surface area contributed by atoms with Crippen LogP contribution in [0.1, 0.15) is 92.1 Å². The van der Waals surface area contributed by atoms with Gasteiger partial charge in [-0.2, -0.15) is 0 Å². The Morgan fingerprint density at radius 3 is 1.90 bits per heavy atom. The third kappa shape index (κ3) is 7.37. The molecule has 4 rings (SSSR count). The third-order valence-electron chi connectivity index (χ3n) is 7.35. The van der Waals surface area contributed by atoms with Crippen LogP contribution < -0.4 is 20.1 Å². The molecule has 1 saturated carbocycles. The smallest absolute Gasteiger partial charge is 0.259 e. The van der Waals surface area contributed by atoms with Gasteiger partial charge in [-0.3, -0.25) is 9.59 Å². The summed E-state index contributed by atoms with van der Waals surface area (Å²) in [5, 5.41) is 5.93.